The zero-order chi connectivity index (χ0) is 23.3. The number of aryl methyl sites for hydroxylation is 3. The van der Waals surface area contributed by atoms with Crippen molar-refractivity contribution < 1.29 is 27.9 Å². The summed E-state index contributed by atoms with van der Waals surface area (Å²) in [6.07, 6.45) is 0.0444. The van der Waals surface area contributed by atoms with Gasteiger partial charge in [-0.15, -0.1) is 0 Å². The molecule has 0 bridgehead atoms. The van der Waals surface area contributed by atoms with Crippen molar-refractivity contribution >= 4 is 11.9 Å². The van der Waals surface area contributed by atoms with Crippen LogP contribution in [0.3, 0.4) is 0 Å². The van der Waals surface area contributed by atoms with Crippen LogP contribution >= 0.6 is 0 Å². The van der Waals surface area contributed by atoms with Gasteiger partial charge >= 0.3 is 12.1 Å². The van der Waals surface area contributed by atoms with Gasteiger partial charge in [0.1, 0.15) is 5.82 Å². The Hall–Kier alpha value is -3.64. The normalized spacial score (nSPS) is 12.1. The van der Waals surface area contributed by atoms with Crippen LogP contribution in [0.4, 0.5) is 13.2 Å². The molecule has 31 heavy (non-hydrogen) atoms. The maximum atomic E-state index is 12.6. The number of nitrogens with one attached hydrogen (secondary N) is 3. The summed E-state index contributed by atoms with van der Waals surface area (Å²) < 4.78 is 33.5. The van der Waals surface area contributed by atoms with Gasteiger partial charge in [0.2, 0.25) is 0 Å². The predicted octanol–water partition coefficient (Wildman–Crippen LogP) is 2.76. The van der Waals surface area contributed by atoms with Gasteiger partial charge in [-0.2, -0.15) is 23.4 Å². The number of carbonyl (C=O) groups excluding carboxylic acids is 1. The first-order chi connectivity index (χ1) is 14.4. The Balaban J connectivity index is 0.000000423. The van der Waals surface area contributed by atoms with Gasteiger partial charge < -0.3 is 15.4 Å². The van der Waals surface area contributed by atoms with Gasteiger partial charge in [0, 0.05) is 24.0 Å². The molecule has 0 aliphatic carbocycles. The highest BCUT2D eigenvalue weighted by atomic mass is 19.4. The Morgan fingerprint density at radius 2 is 1.94 bits per heavy atom. The smallest absolute Gasteiger partial charge is 0.475 e. The number of nitrogens with zero attached hydrogens (tertiary/aromatic N) is 4. The quantitative estimate of drug-likeness (QED) is 0.480. The molecular formula is C18H22F3N7O3. The number of hydrogen-bond acceptors (Lipinski definition) is 5. The fraction of sp³-hybridized carbons (Fsp3) is 0.389. The first-order valence-electron chi connectivity index (χ1n) is 9.14. The molecule has 3 rings (SSSR count). The van der Waals surface area contributed by atoms with E-state index in [1.54, 1.807) is 10.9 Å². The Morgan fingerprint density at radius 1 is 1.29 bits per heavy atom. The summed E-state index contributed by atoms with van der Waals surface area (Å²) in [5.41, 5.74) is 3.91. The molecule has 0 spiro atoms. The number of amides is 1. The number of hydrogen-bond donors (Lipinski definition) is 4. The molecule has 0 aromatic carbocycles. The maximum Gasteiger partial charge on any atom is 0.490 e. The van der Waals surface area contributed by atoms with Gasteiger partial charge in [-0.25, -0.2) is 9.78 Å². The lowest BCUT2D eigenvalue weighted by atomic mass is 10.1. The highest BCUT2D eigenvalue weighted by Crippen LogP contribution is 2.21. The number of carbonyl (C=O) groups is 2. The lowest BCUT2D eigenvalue weighted by Crippen LogP contribution is -2.27. The van der Waals surface area contributed by atoms with Crippen molar-refractivity contribution in [2.24, 2.45) is 0 Å². The molecule has 0 saturated heterocycles. The lowest BCUT2D eigenvalue weighted by molar-refractivity contribution is -0.192. The number of aliphatic carboxylic acids is 1. The first-order valence-corrected chi connectivity index (χ1v) is 9.14. The van der Waals surface area contributed by atoms with Crippen molar-refractivity contribution in [2.75, 3.05) is 0 Å². The van der Waals surface area contributed by atoms with Crippen molar-refractivity contribution in [3.05, 3.63) is 41.4 Å². The molecule has 0 aliphatic heterocycles. The van der Waals surface area contributed by atoms with Gasteiger partial charge in [-0.05, 0) is 27.7 Å². The molecule has 1 amide bonds. The average molecular weight is 441 g/mol. The van der Waals surface area contributed by atoms with Crippen molar-refractivity contribution in [1.29, 1.82) is 0 Å². The van der Waals surface area contributed by atoms with E-state index in [0.717, 1.165) is 29.3 Å². The van der Waals surface area contributed by atoms with Crippen molar-refractivity contribution in [1.82, 2.24) is 35.3 Å². The third-order valence-electron chi connectivity index (χ3n) is 4.28. The van der Waals surface area contributed by atoms with E-state index >= 15 is 0 Å². The molecule has 0 aliphatic rings. The molecule has 4 N–H and O–H groups in total. The summed E-state index contributed by atoms with van der Waals surface area (Å²) in [6.45, 7) is 8.56. The van der Waals surface area contributed by atoms with E-state index in [-0.39, 0.29) is 11.9 Å². The predicted molar refractivity (Wildman–Crippen MR) is 103 cm³/mol. The Bertz CT molecular complexity index is 1030. The summed E-state index contributed by atoms with van der Waals surface area (Å²) in [7, 11) is 0. The standard InChI is InChI=1S/C16H21N7O.C2HF3O2/c1-5-23-8-12(6-18-23)14-13(7-17-22-14)16(24)21-11(4)15-19-9(2)10(3)20-15;3-2(4,5)1(6)7/h6-8,11H,5H2,1-4H3,(H,17,22)(H,19,20)(H,21,24);(H,6,7). The van der Waals surface area contributed by atoms with Crippen LogP contribution in [-0.4, -0.2) is 53.1 Å². The summed E-state index contributed by atoms with van der Waals surface area (Å²) >= 11 is 0. The molecular weight excluding hydrogens is 419 g/mol. The molecule has 13 heteroatoms. The zero-order valence-corrected chi connectivity index (χ0v) is 17.2. The number of carboxylic acid groups (broad SMARTS) is 1. The Labute approximate surface area is 174 Å². The zero-order valence-electron chi connectivity index (χ0n) is 17.2. The number of halogens is 3. The summed E-state index contributed by atoms with van der Waals surface area (Å²) in [5, 5.41) is 21.2. The highest BCUT2D eigenvalue weighted by molar-refractivity contribution is 5.99. The minimum absolute atomic E-state index is 0.206. The summed E-state index contributed by atoms with van der Waals surface area (Å²) in [4.78, 5) is 29.1. The van der Waals surface area contributed by atoms with E-state index in [0.29, 0.717) is 11.3 Å². The van der Waals surface area contributed by atoms with Gasteiger partial charge in [-0.3, -0.25) is 14.6 Å². The Morgan fingerprint density at radius 3 is 2.42 bits per heavy atom. The fourth-order valence-electron chi connectivity index (χ4n) is 2.47. The number of imidazole rings is 1. The molecule has 3 aromatic rings. The van der Waals surface area contributed by atoms with Crippen LogP contribution in [0, 0.1) is 13.8 Å². The molecule has 168 valence electrons. The summed E-state index contributed by atoms with van der Waals surface area (Å²) in [6, 6.07) is -0.231. The van der Waals surface area contributed by atoms with E-state index < -0.39 is 12.1 Å². The van der Waals surface area contributed by atoms with Crippen LogP contribution in [-0.2, 0) is 11.3 Å². The maximum absolute atomic E-state index is 12.6. The second kappa shape index (κ2) is 9.45. The summed E-state index contributed by atoms with van der Waals surface area (Å²) in [5.74, 6) is -2.23. The molecule has 10 nitrogen and oxygen atoms in total. The van der Waals surface area contributed by atoms with E-state index in [2.05, 4.69) is 30.6 Å². The number of aromatic nitrogens is 6. The van der Waals surface area contributed by atoms with E-state index in [1.165, 1.54) is 6.20 Å². The second-order valence-electron chi connectivity index (χ2n) is 6.57. The minimum Gasteiger partial charge on any atom is -0.475 e. The van der Waals surface area contributed by atoms with E-state index in [9.17, 15) is 18.0 Å². The number of rotatable bonds is 5. The molecule has 1 atom stereocenters. The lowest BCUT2D eigenvalue weighted by Gasteiger charge is -2.11. The largest absolute Gasteiger partial charge is 0.490 e. The van der Waals surface area contributed by atoms with Crippen LogP contribution in [0.5, 0.6) is 0 Å². The molecule has 1 unspecified atom stereocenters. The topological polar surface area (TPSA) is 142 Å². The molecule has 0 radical (unpaired) electrons. The van der Waals surface area contributed by atoms with Crippen molar-refractivity contribution in [3.8, 4) is 11.3 Å². The Kier molecular flexibility index (Phi) is 7.20. The van der Waals surface area contributed by atoms with Crippen LogP contribution in [0.25, 0.3) is 11.3 Å². The molecule has 0 fully saturated rings. The van der Waals surface area contributed by atoms with Gasteiger partial charge in [0.05, 0.1) is 35.4 Å². The van der Waals surface area contributed by atoms with Crippen LogP contribution < -0.4 is 5.32 Å². The van der Waals surface area contributed by atoms with E-state index in [1.807, 2.05) is 33.9 Å². The van der Waals surface area contributed by atoms with Gasteiger partial charge in [0.15, 0.2) is 0 Å². The second-order valence-corrected chi connectivity index (χ2v) is 6.57. The van der Waals surface area contributed by atoms with Crippen molar-refractivity contribution in [3.63, 3.8) is 0 Å². The fourth-order valence-corrected chi connectivity index (χ4v) is 2.47. The van der Waals surface area contributed by atoms with Crippen molar-refractivity contribution in [2.45, 2.75) is 46.5 Å². The monoisotopic (exact) mass is 441 g/mol. The third kappa shape index (κ3) is 5.93. The number of carboxylic acids is 1. The molecule has 3 aromatic heterocycles. The van der Waals surface area contributed by atoms with Gasteiger partial charge in [0.25, 0.3) is 5.91 Å². The minimum atomic E-state index is -5.08. The molecule has 3 heterocycles. The van der Waals surface area contributed by atoms with Crippen LogP contribution in [0.1, 0.15) is 47.5 Å². The number of aromatic amines is 2. The highest BCUT2D eigenvalue weighted by Gasteiger charge is 2.38. The number of alkyl halides is 3. The molecule has 0 saturated carbocycles. The van der Waals surface area contributed by atoms with Gasteiger partial charge in [-0.1, -0.05) is 0 Å². The number of H-pyrrole nitrogens is 2. The SMILES string of the molecule is CCn1cc(-c2[nH]ncc2C(=O)NC(C)c2nc(C)c(C)[nH]2)cn1.O=C(O)C(F)(F)F. The van der Waals surface area contributed by atoms with Crippen LogP contribution in [0.2, 0.25) is 0 Å². The average Bonchev–Trinajstić information content (AvgIpc) is 3.41. The van der Waals surface area contributed by atoms with E-state index in [4.69, 9.17) is 9.90 Å². The first kappa shape index (κ1) is 23.6. The third-order valence-corrected chi connectivity index (χ3v) is 4.28. The van der Waals surface area contributed by atoms with Crippen LogP contribution in [0.15, 0.2) is 18.6 Å².